The number of amides is 2. The molecule has 29 heavy (non-hydrogen) atoms. The predicted molar refractivity (Wildman–Crippen MR) is 121 cm³/mol. The van der Waals surface area contributed by atoms with Gasteiger partial charge in [0, 0.05) is 39.0 Å². The molecular formula is C24H24N2O2S. The van der Waals surface area contributed by atoms with Crippen molar-refractivity contribution in [1.82, 2.24) is 0 Å². The van der Waals surface area contributed by atoms with E-state index in [1.165, 1.54) is 0 Å². The van der Waals surface area contributed by atoms with Gasteiger partial charge in [0.1, 0.15) is 0 Å². The molecule has 0 aliphatic carbocycles. The molecule has 3 aromatic carbocycles. The number of hydrogen-bond donors (Lipinski definition) is 1. The van der Waals surface area contributed by atoms with Crippen LogP contribution in [0.15, 0.2) is 59.5 Å². The molecule has 0 aromatic heterocycles. The smallest absolute Gasteiger partial charge is 0.258 e. The third kappa shape index (κ3) is 3.62. The second kappa shape index (κ2) is 8.29. The van der Waals surface area contributed by atoms with Gasteiger partial charge in [-0.1, -0.05) is 32.4 Å². The zero-order chi connectivity index (χ0) is 20.4. The normalized spacial score (nSPS) is 12.6. The number of thioether (sulfide) groups is 1. The Morgan fingerprint density at radius 1 is 1.03 bits per heavy atom. The van der Waals surface area contributed by atoms with E-state index in [4.69, 9.17) is 0 Å². The summed E-state index contributed by atoms with van der Waals surface area (Å²) in [6.07, 6.45) is 2.00. The standard InChI is InChI=1S/C24H24N2O2S/c1-3-5-15-26-21-14-13-20(18-7-6-8-19(22(18)21)24(26)28)25-23(27)16-9-11-17(12-10-16)29-4-2/h6-14H,3-5,15H2,1-2H3,(H,25,27). The monoisotopic (exact) mass is 404 g/mol. The minimum Gasteiger partial charge on any atom is -0.321 e. The van der Waals surface area contributed by atoms with Crippen LogP contribution in [0.4, 0.5) is 11.4 Å². The quantitative estimate of drug-likeness (QED) is 0.494. The van der Waals surface area contributed by atoms with Gasteiger partial charge >= 0.3 is 0 Å². The number of rotatable bonds is 7. The van der Waals surface area contributed by atoms with Gasteiger partial charge in [-0.05, 0) is 54.6 Å². The van der Waals surface area contributed by atoms with E-state index in [1.807, 2.05) is 59.5 Å². The third-order valence-corrected chi connectivity index (χ3v) is 6.09. The summed E-state index contributed by atoms with van der Waals surface area (Å²) in [5.41, 5.74) is 3.00. The topological polar surface area (TPSA) is 49.4 Å². The summed E-state index contributed by atoms with van der Waals surface area (Å²) in [6, 6.07) is 17.2. The van der Waals surface area contributed by atoms with Crippen molar-refractivity contribution in [2.24, 2.45) is 0 Å². The van der Waals surface area contributed by atoms with Gasteiger partial charge < -0.3 is 10.2 Å². The number of hydrogen-bond acceptors (Lipinski definition) is 3. The molecule has 1 N–H and O–H groups in total. The highest BCUT2D eigenvalue weighted by Crippen LogP contribution is 2.40. The molecule has 1 heterocycles. The highest BCUT2D eigenvalue weighted by atomic mass is 32.2. The van der Waals surface area contributed by atoms with E-state index in [0.717, 1.165) is 45.6 Å². The van der Waals surface area contributed by atoms with E-state index < -0.39 is 0 Å². The fraction of sp³-hybridized carbons (Fsp3) is 0.250. The lowest BCUT2D eigenvalue weighted by molar-refractivity contribution is 0.0991. The van der Waals surface area contributed by atoms with Gasteiger partial charge in [0.15, 0.2) is 0 Å². The maximum absolute atomic E-state index is 12.9. The Bertz CT molecular complexity index is 1080. The zero-order valence-electron chi connectivity index (χ0n) is 16.7. The van der Waals surface area contributed by atoms with Gasteiger partial charge in [0.25, 0.3) is 11.8 Å². The molecule has 0 radical (unpaired) electrons. The Morgan fingerprint density at radius 3 is 2.55 bits per heavy atom. The summed E-state index contributed by atoms with van der Waals surface area (Å²) < 4.78 is 0. The van der Waals surface area contributed by atoms with E-state index in [-0.39, 0.29) is 11.8 Å². The number of benzene rings is 3. The molecule has 0 saturated heterocycles. The van der Waals surface area contributed by atoms with Crippen molar-refractivity contribution in [1.29, 1.82) is 0 Å². The highest BCUT2D eigenvalue weighted by Gasteiger charge is 2.30. The van der Waals surface area contributed by atoms with Crippen LogP contribution in [0.5, 0.6) is 0 Å². The van der Waals surface area contributed by atoms with Crippen LogP contribution in [-0.2, 0) is 0 Å². The number of anilines is 2. The lowest BCUT2D eigenvalue weighted by Crippen LogP contribution is -2.27. The van der Waals surface area contributed by atoms with Crippen molar-refractivity contribution in [3.8, 4) is 0 Å². The number of carbonyl (C=O) groups is 2. The second-order valence-corrected chi connectivity index (χ2v) is 8.42. The van der Waals surface area contributed by atoms with Crippen LogP contribution in [0.25, 0.3) is 10.8 Å². The molecule has 2 amide bonds. The van der Waals surface area contributed by atoms with Crippen molar-refractivity contribution in [3.63, 3.8) is 0 Å². The molecule has 0 bridgehead atoms. The minimum absolute atomic E-state index is 0.0477. The van der Waals surface area contributed by atoms with E-state index in [9.17, 15) is 9.59 Å². The molecule has 0 unspecified atom stereocenters. The van der Waals surface area contributed by atoms with Crippen molar-refractivity contribution in [3.05, 3.63) is 65.7 Å². The highest BCUT2D eigenvalue weighted by molar-refractivity contribution is 7.99. The number of unbranched alkanes of at least 4 members (excludes halogenated alkanes) is 1. The number of carbonyl (C=O) groups excluding carboxylic acids is 2. The number of nitrogens with one attached hydrogen (secondary N) is 1. The summed E-state index contributed by atoms with van der Waals surface area (Å²) in [6.45, 7) is 4.94. The maximum atomic E-state index is 12.9. The van der Waals surface area contributed by atoms with Crippen LogP contribution >= 0.6 is 11.8 Å². The van der Waals surface area contributed by atoms with Crippen LogP contribution in [0.3, 0.4) is 0 Å². The van der Waals surface area contributed by atoms with Crippen LogP contribution in [0.1, 0.15) is 47.4 Å². The first-order chi connectivity index (χ1) is 14.1. The molecule has 0 fully saturated rings. The molecule has 1 aliphatic rings. The zero-order valence-corrected chi connectivity index (χ0v) is 17.5. The Morgan fingerprint density at radius 2 is 1.83 bits per heavy atom. The van der Waals surface area contributed by atoms with Crippen LogP contribution in [0, 0.1) is 0 Å². The Hall–Kier alpha value is -2.79. The van der Waals surface area contributed by atoms with Crippen LogP contribution < -0.4 is 10.2 Å². The molecule has 148 valence electrons. The molecule has 4 rings (SSSR count). The molecular weight excluding hydrogens is 380 g/mol. The fourth-order valence-corrected chi connectivity index (χ4v) is 4.42. The Labute approximate surface area is 175 Å². The van der Waals surface area contributed by atoms with Gasteiger partial charge in [-0.3, -0.25) is 9.59 Å². The van der Waals surface area contributed by atoms with Gasteiger partial charge in [-0.2, -0.15) is 0 Å². The molecule has 0 saturated carbocycles. The average Bonchev–Trinajstić information content (AvgIpc) is 3.02. The molecule has 5 heteroatoms. The SMILES string of the molecule is CCCCN1C(=O)c2cccc3c(NC(=O)c4ccc(SCC)cc4)ccc1c23. The van der Waals surface area contributed by atoms with Gasteiger partial charge in [-0.15, -0.1) is 11.8 Å². The summed E-state index contributed by atoms with van der Waals surface area (Å²) in [5.74, 6) is 0.901. The molecule has 0 spiro atoms. The summed E-state index contributed by atoms with van der Waals surface area (Å²) in [5, 5.41) is 4.87. The molecule has 4 nitrogen and oxygen atoms in total. The second-order valence-electron chi connectivity index (χ2n) is 7.08. The van der Waals surface area contributed by atoms with Crippen molar-refractivity contribution < 1.29 is 9.59 Å². The minimum atomic E-state index is -0.147. The maximum Gasteiger partial charge on any atom is 0.258 e. The first-order valence-corrected chi connectivity index (χ1v) is 11.0. The average molecular weight is 405 g/mol. The van der Waals surface area contributed by atoms with Crippen LogP contribution in [0.2, 0.25) is 0 Å². The third-order valence-electron chi connectivity index (χ3n) is 5.20. The largest absolute Gasteiger partial charge is 0.321 e. The Balaban J connectivity index is 1.65. The molecule has 3 aromatic rings. The van der Waals surface area contributed by atoms with E-state index in [2.05, 4.69) is 19.2 Å². The first-order valence-electron chi connectivity index (χ1n) is 10.1. The number of nitrogens with zero attached hydrogens (tertiary/aromatic N) is 1. The summed E-state index contributed by atoms with van der Waals surface area (Å²) in [4.78, 5) is 28.7. The molecule has 1 aliphatic heterocycles. The predicted octanol–water partition coefficient (Wildman–Crippen LogP) is 5.96. The summed E-state index contributed by atoms with van der Waals surface area (Å²) in [7, 11) is 0. The fourth-order valence-electron chi connectivity index (χ4n) is 3.76. The first kappa shape index (κ1) is 19.5. The van der Waals surface area contributed by atoms with Gasteiger partial charge in [0.2, 0.25) is 0 Å². The van der Waals surface area contributed by atoms with Crippen molar-refractivity contribution in [2.45, 2.75) is 31.6 Å². The van der Waals surface area contributed by atoms with E-state index in [0.29, 0.717) is 17.7 Å². The van der Waals surface area contributed by atoms with Gasteiger partial charge in [0.05, 0.1) is 5.69 Å². The lowest BCUT2D eigenvalue weighted by Gasteiger charge is -2.17. The summed E-state index contributed by atoms with van der Waals surface area (Å²) >= 11 is 1.75. The van der Waals surface area contributed by atoms with Crippen molar-refractivity contribution >= 4 is 45.7 Å². The van der Waals surface area contributed by atoms with Crippen molar-refractivity contribution in [2.75, 3.05) is 22.5 Å². The Kier molecular flexibility index (Phi) is 5.58. The molecule has 0 atom stereocenters. The van der Waals surface area contributed by atoms with Gasteiger partial charge in [-0.25, -0.2) is 0 Å². The van der Waals surface area contributed by atoms with Crippen LogP contribution in [-0.4, -0.2) is 24.1 Å². The van der Waals surface area contributed by atoms with E-state index >= 15 is 0 Å². The van der Waals surface area contributed by atoms with E-state index in [1.54, 1.807) is 11.8 Å². The lowest BCUT2D eigenvalue weighted by atomic mass is 10.0.